The number of phenolic OH excluding ortho intramolecular Hbond substituents is 1. The lowest BCUT2D eigenvalue weighted by Gasteiger charge is -2.04. The quantitative estimate of drug-likeness (QED) is 0.810. The molecule has 0 heterocycles. The Kier molecular flexibility index (Phi) is 3.33. The van der Waals surface area contributed by atoms with Crippen molar-refractivity contribution in [2.24, 2.45) is 0 Å². The van der Waals surface area contributed by atoms with Gasteiger partial charge in [-0.25, -0.2) is 4.79 Å². The van der Waals surface area contributed by atoms with Crippen molar-refractivity contribution in [1.29, 1.82) is 0 Å². The SMILES string of the molecule is C=C(CCc1ccc2cc(O)ccc2c1)C(=O)O. The number of fused-ring (bicyclic) bond motifs is 1. The maximum Gasteiger partial charge on any atom is 0.330 e. The first kappa shape index (κ1) is 12.2. The van der Waals surface area contributed by atoms with Crippen molar-refractivity contribution in [3.63, 3.8) is 0 Å². The summed E-state index contributed by atoms with van der Waals surface area (Å²) in [7, 11) is 0. The largest absolute Gasteiger partial charge is 0.508 e. The van der Waals surface area contributed by atoms with E-state index in [0.717, 1.165) is 16.3 Å². The first-order chi connectivity index (χ1) is 8.56. The molecule has 0 spiro atoms. The summed E-state index contributed by atoms with van der Waals surface area (Å²) in [5.74, 6) is -0.699. The number of carboxylic acid groups (broad SMARTS) is 1. The molecule has 0 aliphatic rings. The third-order valence-electron chi connectivity index (χ3n) is 2.91. The van der Waals surface area contributed by atoms with Crippen LogP contribution in [0.4, 0.5) is 0 Å². The van der Waals surface area contributed by atoms with Crippen LogP contribution in [-0.4, -0.2) is 16.2 Å². The number of hydrogen-bond donors (Lipinski definition) is 2. The van der Waals surface area contributed by atoms with E-state index in [-0.39, 0.29) is 11.3 Å². The normalized spacial score (nSPS) is 10.4. The number of hydrogen-bond acceptors (Lipinski definition) is 2. The third kappa shape index (κ3) is 2.69. The lowest BCUT2D eigenvalue weighted by atomic mass is 10.0. The molecular formula is C15H14O3. The van der Waals surface area contributed by atoms with Gasteiger partial charge in [-0.2, -0.15) is 0 Å². The summed E-state index contributed by atoms with van der Waals surface area (Å²) in [4.78, 5) is 10.6. The Balaban J connectivity index is 2.18. The van der Waals surface area contributed by atoms with Crippen LogP contribution in [0.25, 0.3) is 10.8 Å². The van der Waals surface area contributed by atoms with Crippen LogP contribution in [0.3, 0.4) is 0 Å². The molecule has 0 bridgehead atoms. The topological polar surface area (TPSA) is 57.5 Å². The molecule has 0 saturated carbocycles. The van der Waals surface area contributed by atoms with Gasteiger partial charge >= 0.3 is 5.97 Å². The van der Waals surface area contributed by atoms with Gasteiger partial charge in [0.15, 0.2) is 0 Å². The zero-order valence-corrected chi connectivity index (χ0v) is 9.89. The molecule has 0 atom stereocenters. The summed E-state index contributed by atoms with van der Waals surface area (Å²) in [5, 5.41) is 20.1. The number of aliphatic carboxylic acids is 1. The van der Waals surface area contributed by atoms with Gasteiger partial charge in [0.2, 0.25) is 0 Å². The number of rotatable bonds is 4. The highest BCUT2D eigenvalue weighted by molar-refractivity contribution is 5.86. The molecule has 0 amide bonds. The Morgan fingerprint density at radius 3 is 2.50 bits per heavy atom. The number of carbonyl (C=O) groups is 1. The van der Waals surface area contributed by atoms with Crippen molar-refractivity contribution in [3.05, 3.63) is 54.1 Å². The first-order valence-corrected chi connectivity index (χ1v) is 5.69. The summed E-state index contributed by atoms with van der Waals surface area (Å²) in [6.07, 6.45) is 1.10. The molecule has 3 heteroatoms. The van der Waals surface area contributed by atoms with Crippen LogP contribution in [0.15, 0.2) is 48.6 Å². The number of aromatic hydroxyl groups is 1. The van der Waals surface area contributed by atoms with Crippen LogP contribution in [0.2, 0.25) is 0 Å². The monoisotopic (exact) mass is 242 g/mol. The fraction of sp³-hybridized carbons (Fsp3) is 0.133. The van der Waals surface area contributed by atoms with E-state index in [0.29, 0.717) is 12.8 Å². The molecule has 92 valence electrons. The van der Waals surface area contributed by atoms with Crippen molar-refractivity contribution in [1.82, 2.24) is 0 Å². The van der Waals surface area contributed by atoms with Gasteiger partial charge in [-0.3, -0.25) is 0 Å². The van der Waals surface area contributed by atoms with E-state index in [9.17, 15) is 9.90 Å². The summed E-state index contributed by atoms with van der Waals surface area (Å²) in [5.41, 5.74) is 1.29. The molecule has 0 saturated heterocycles. The second kappa shape index (κ2) is 4.92. The van der Waals surface area contributed by atoms with Gasteiger partial charge in [0, 0.05) is 5.57 Å². The summed E-state index contributed by atoms with van der Waals surface area (Å²) in [6, 6.07) is 11.1. The Hall–Kier alpha value is -2.29. The second-order valence-corrected chi connectivity index (χ2v) is 4.27. The molecule has 0 radical (unpaired) electrons. The fourth-order valence-electron chi connectivity index (χ4n) is 1.84. The van der Waals surface area contributed by atoms with E-state index >= 15 is 0 Å². The summed E-state index contributed by atoms with van der Waals surface area (Å²) >= 11 is 0. The van der Waals surface area contributed by atoms with E-state index in [1.807, 2.05) is 24.3 Å². The van der Waals surface area contributed by atoms with Crippen LogP contribution >= 0.6 is 0 Å². The molecule has 0 aromatic heterocycles. The van der Waals surface area contributed by atoms with E-state index in [1.54, 1.807) is 12.1 Å². The van der Waals surface area contributed by atoms with Gasteiger partial charge in [-0.1, -0.05) is 30.8 Å². The summed E-state index contributed by atoms with van der Waals surface area (Å²) < 4.78 is 0. The van der Waals surface area contributed by atoms with E-state index in [2.05, 4.69) is 6.58 Å². The zero-order chi connectivity index (χ0) is 13.1. The predicted molar refractivity (Wildman–Crippen MR) is 70.7 cm³/mol. The Morgan fingerprint density at radius 1 is 1.11 bits per heavy atom. The zero-order valence-electron chi connectivity index (χ0n) is 9.89. The molecule has 2 aromatic carbocycles. The Bertz CT molecular complexity index is 614. The van der Waals surface area contributed by atoms with Crippen LogP contribution < -0.4 is 0 Å². The molecule has 3 nitrogen and oxygen atoms in total. The van der Waals surface area contributed by atoms with Gasteiger partial charge in [-0.05, 0) is 41.3 Å². The maximum atomic E-state index is 10.6. The van der Waals surface area contributed by atoms with Gasteiger partial charge in [0.25, 0.3) is 0 Å². The molecule has 2 rings (SSSR count). The molecule has 2 aromatic rings. The fourth-order valence-corrected chi connectivity index (χ4v) is 1.84. The van der Waals surface area contributed by atoms with Crippen molar-refractivity contribution in [2.75, 3.05) is 0 Å². The minimum absolute atomic E-state index is 0.223. The van der Waals surface area contributed by atoms with Gasteiger partial charge in [-0.15, -0.1) is 0 Å². The lowest BCUT2D eigenvalue weighted by molar-refractivity contribution is -0.132. The smallest absolute Gasteiger partial charge is 0.330 e. The highest BCUT2D eigenvalue weighted by atomic mass is 16.4. The molecule has 2 N–H and O–H groups in total. The molecule has 0 unspecified atom stereocenters. The van der Waals surface area contributed by atoms with Crippen molar-refractivity contribution in [2.45, 2.75) is 12.8 Å². The average molecular weight is 242 g/mol. The lowest BCUT2D eigenvalue weighted by Crippen LogP contribution is -2.00. The van der Waals surface area contributed by atoms with Gasteiger partial charge < -0.3 is 10.2 Å². The predicted octanol–water partition coefficient (Wildman–Crippen LogP) is 3.12. The number of phenols is 1. The van der Waals surface area contributed by atoms with Crippen LogP contribution in [0.1, 0.15) is 12.0 Å². The minimum atomic E-state index is -0.944. The van der Waals surface area contributed by atoms with Crippen molar-refractivity contribution < 1.29 is 15.0 Å². The van der Waals surface area contributed by atoms with E-state index in [1.165, 1.54) is 0 Å². The standard InChI is InChI=1S/C15H14O3/c1-10(15(17)18)2-3-11-4-5-13-9-14(16)7-6-12(13)8-11/h4-9,16H,1-3H2,(H,17,18). The van der Waals surface area contributed by atoms with E-state index in [4.69, 9.17) is 5.11 Å². The molecule has 18 heavy (non-hydrogen) atoms. The number of aryl methyl sites for hydroxylation is 1. The highest BCUT2D eigenvalue weighted by Gasteiger charge is 2.04. The first-order valence-electron chi connectivity index (χ1n) is 5.69. The molecule has 0 fully saturated rings. The van der Waals surface area contributed by atoms with Crippen LogP contribution in [0.5, 0.6) is 5.75 Å². The average Bonchev–Trinajstić information content (AvgIpc) is 2.35. The Morgan fingerprint density at radius 2 is 1.78 bits per heavy atom. The van der Waals surface area contributed by atoms with Crippen molar-refractivity contribution >= 4 is 16.7 Å². The Labute approximate surface area is 105 Å². The molecular weight excluding hydrogens is 228 g/mol. The number of carboxylic acids is 1. The van der Waals surface area contributed by atoms with Crippen molar-refractivity contribution in [3.8, 4) is 5.75 Å². The molecule has 0 aliphatic carbocycles. The van der Waals surface area contributed by atoms with Gasteiger partial charge in [0.05, 0.1) is 0 Å². The highest BCUT2D eigenvalue weighted by Crippen LogP contribution is 2.22. The van der Waals surface area contributed by atoms with Crippen LogP contribution in [0, 0.1) is 0 Å². The van der Waals surface area contributed by atoms with Gasteiger partial charge in [0.1, 0.15) is 5.75 Å². The maximum absolute atomic E-state index is 10.6. The number of benzene rings is 2. The molecule has 0 aliphatic heterocycles. The second-order valence-electron chi connectivity index (χ2n) is 4.27. The third-order valence-corrected chi connectivity index (χ3v) is 2.91. The minimum Gasteiger partial charge on any atom is -0.508 e. The summed E-state index contributed by atoms with van der Waals surface area (Å²) in [6.45, 7) is 3.51. The van der Waals surface area contributed by atoms with E-state index < -0.39 is 5.97 Å². The van der Waals surface area contributed by atoms with Crippen LogP contribution in [-0.2, 0) is 11.2 Å².